The van der Waals surface area contributed by atoms with E-state index in [1.807, 2.05) is 51.1 Å². The first-order valence-electron chi connectivity index (χ1n) is 13.1. The van der Waals surface area contributed by atoms with Crippen LogP contribution >= 0.6 is 0 Å². The third-order valence-electron chi connectivity index (χ3n) is 6.55. The summed E-state index contributed by atoms with van der Waals surface area (Å²) < 4.78 is 33.9. The van der Waals surface area contributed by atoms with E-state index in [0.29, 0.717) is 17.9 Å². The summed E-state index contributed by atoms with van der Waals surface area (Å²) in [6.45, 7) is 5.41. The molecule has 0 aliphatic rings. The van der Waals surface area contributed by atoms with Crippen LogP contribution in [0, 0.1) is 0 Å². The molecule has 2 amide bonds. The predicted molar refractivity (Wildman–Crippen MR) is 153 cm³/mol. The van der Waals surface area contributed by atoms with E-state index < -0.39 is 28.5 Å². The number of hydrogen-bond donors (Lipinski definition) is 1. The third-order valence-corrected chi connectivity index (χ3v) is 8.34. The maximum absolute atomic E-state index is 14.0. The van der Waals surface area contributed by atoms with Gasteiger partial charge in [0.25, 0.3) is 10.0 Å². The molecule has 0 saturated carbocycles. The first-order chi connectivity index (χ1) is 18.7. The first-order valence-corrected chi connectivity index (χ1v) is 14.5. The van der Waals surface area contributed by atoms with E-state index in [4.69, 9.17) is 4.74 Å². The Morgan fingerprint density at radius 3 is 2.00 bits per heavy atom. The number of sulfonamides is 1. The predicted octanol–water partition coefficient (Wildman–Crippen LogP) is 4.61. The van der Waals surface area contributed by atoms with Crippen LogP contribution in [0.1, 0.15) is 39.2 Å². The van der Waals surface area contributed by atoms with Gasteiger partial charge in [0.05, 0.1) is 17.7 Å². The van der Waals surface area contributed by atoms with Crippen LogP contribution in [-0.4, -0.2) is 50.9 Å². The van der Waals surface area contributed by atoms with E-state index in [2.05, 4.69) is 5.32 Å². The van der Waals surface area contributed by atoms with E-state index >= 15 is 0 Å². The van der Waals surface area contributed by atoms with Crippen LogP contribution < -0.4 is 14.4 Å². The normalized spacial score (nSPS) is 12.7. The maximum Gasteiger partial charge on any atom is 0.264 e. The SMILES string of the molecule is CC[C@@H](C)NC(=O)[C@H](CC)N(Cc1ccccc1)C(=O)CN(c1ccccc1)S(=O)(=O)c1ccc(OC)cc1. The van der Waals surface area contributed by atoms with Gasteiger partial charge in [-0.05, 0) is 61.7 Å². The Hall–Kier alpha value is -3.85. The van der Waals surface area contributed by atoms with Crippen LogP contribution in [0.3, 0.4) is 0 Å². The fourth-order valence-electron chi connectivity index (χ4n) is 4.14. The van der Waals surface area contributed by atoms with Crippen LogP contribution in [0.2, 0.25) is 0 Å². The molecule has 0 unspecified atom stereocenters. The lowest BCUT2D eigenvalue weighted by atomic mass is 10.1. The van der Waals surface area contributed by atoms with Gasteiger partial charge in [-0.2, -0.15) is 0 Å². The number of nitrogens with zero attached hydrogens (tertiary/aromatic N) is 2. The first kappa shape index (κ1) is 29.7. The summed E-state index contributed by atoms with van der Waals surface area (Å²) >= 11 is 0. The van der Waals surface area contributed by atoms with Crippen molar-refractivity contribution < 1.29 is 22.7 Å². The number of rotatable bonds is 13. The van der Waals surface area contributed by atoms with Crippen molar-refractivity contribution in [1.82, 2.24) is 10.2 Å². The van der Waals surface area contributed by atoms with Gasteiger partial charge in [0, 0.05) is 12.6 Å². The summed E-state index contributed by atoms with van der Waals surface area (Å²) in [6.07, 6.45) is 1.12. The molecule has 0 fully saturated rings. The van der Waals surface area contributed by atoms with Crippen LogP contribution in [0.15, 0.2) is 89.8 Å². The van der Waals surface area contributed by atoms with Crippen LogP contribution in [0.25, 0.3) is 0 Å². The molecule has 0 heterocycles. The second-order valence-corrected chi connectivity index (χ2v) is 11.1. The Morgan fingerprint density at radius 2 is 1.46 bits per heavy atom. The molecule has 0 aromatic heterocycles. The van der Waals surface area contributed by atoms with Gasteiger partial charge in [0.1, 0.15) is 18.3 Å². The average Bonchev–Trinajstić information content (AvgIpc) is 2.96. The number of nitrogens with one attached hydrogen (secondary N) is 1. The second-order valence-electron chi connectivity index (χ2n) is 9.27. The van der Waals surface area contributed by atoms with Gasteiger partial charge in [-0.3, -0.25) is 13.9 Å². The summed E-state index contributed by atoms with van der Waals surface area (Å²) in [4.78, 5) is 28.8. The fourth-order valence-corrected chi connectivity index (χ4v) is 5.55. The molecule has 0 radical (unpaired) electrons. The number of benzene rings is 3. The molecule has 0 aliphatic heterocycles. The second kappa shape index (κ2) is 13.8. The highest BCUT2D eigenvalue weighted by molar-refractivity contribution is 7.92. The zero-order valence-corrected chi connectivity index (χ0v) is 23.7. The van der Waals surface area contributed by atoms with E-state index in [0.717, 1.165) is 16.3 Å². The summed E-state index contributed by atoms with van der Waals surface area (Å²) in [5, 5.41) is 2.98. The van der Waals surface area contributed by atoms with Crippen molar-refractivity contribution >= 4 is 27.5 Å². The van der Waals surface area contributed by atoms with Crippen molar-refractivity contribution in [3.05, 3.63) is 90.5 Å². The molecule has 0 spiro atoms. The average molecular weight is 552 g/mol. The molecular weight excluding hydrogens is 514 g/mol. The zero-order valence-electron chi connectivity index (χ0n) is 22.9. The van der Waals surface area contributed by atoms with Gasteiger partial charge in [0.15, 0.2) is 0 Å². The Labute approximate surface area is 231 Å². The number of hydrogen-bond acceptors (Lipinski definition) is 5. The van der Waals surface area contributed by atoms with E-state index in [1.165, 1.54) is 24.1 Å². The number of carbonyl (C=O) groups excluding carboxylic acids is 2. The van der Waals surface area contributed by atoms with Gasteiger partial charge in [-0.1, -0.05) is 62.4 Å². The van der Waals surface area contributed by atoms with Crippen molar-refractivity contribution in [1.29, 1.82) is 0 Å². The molecular formula is C30H37N3O5S. The van der Waals surface area contributed by atoms with E-state index in [1.54, 1.807) is 42.5 Å². The molecule has 2 atom stereocenters. The van der Waals surface area contributed by atoms with Gasteiger partial charge in [-0.15, -0.1) is 0 Å². The zero-order chi connectivity index (χ0) is 28.4. The standard InChI is InChI=1S/C30H37N3O5S/c1-5-23(3)31-30(35)28(6-2)32(21-24-13-9-7-10-14-24)29(34)22-33(25-15-11-8-12-16-25)39(36,37)27-19-17-26(38-4)18-20-27/h7-20,23,28H,5-6,21-22H2,1-4H3,(H,31,35)/t23-,28+/m1/s1. The molecule has 9 heteroatoms. The lowest BCUT2D eigenvalue weighted by Crippen LogP contribution is -2.53. The maximum atomic E-state index is 14.0. The quantitative estimate of drug-likeness (QED) is 0.335. The molecule has 3 aromatic rings. The molecule has 208 valence electrons. The summed E-state index contributed by atoms with van der Waals surface area (Å²) in [5.74, 6) is -0.227. The number of ether oxygens (including phenoxy) is 1. The van der Waals surface area contributed by atoms with Crippen molar-refractivity contribution in [2.75, 3.05) is 18.0 Å². The largest absolute Gasteiger partial charge is 0.497 e. The number of para-hydroxylation sites is 1. The highest BCUT2D eigenvalue weighted by atomic mass is 32.2. The Bertz CT molecular complexity index is 1320. The van der Waals surface area contributed by atoms with Crippen molar-refractivity contribution in [2.24, 2.45) is 0 Å². The molecule has 3 rings (SSSR count). The van der Waals surface area contributed by atoms with Crippen molar-refractivity contribution in [2.45, 2.75) is 57.1 Å². The highest BCUT2D eigenvalue weighted by Gasteiger charge is 2.33. The van der Waals surface area contributed by atoms with Crippen molar-refractivity contribution in [3.63, 3.8) is 0 Å². The van der Waals surface area contributed by atoms with Crippen LogP contribution in [0.5, 0.6) is 5.75 Å². The summed E-state index contributed by atoms with van der Waals surface area (Å²) in [6, 6.07) is 23.0. The fraction of sp³-hybridized carbons (Fsp3) is 0.333. The third kappa shape index (κ3) is 7.60. The number of carbonyl (C=O) groups is 2. The summed E-state index contributed by atoms with van der Waals surface area (Å²) in [7, 11) is -2.63. The Kier molecular flexibility index (Phi) is 10.5. The van der Waals surface area contributed by atoms with Crippen molar-refractivity contribution in [3.8, 4) is 5.75 Å². The van der Waals surface area contributed by atoms with E-state index in [9.17, 15) is 18.0 Å². The molecule has 3 aromatic carbocycles. The van der Waals surface area contributed by atoms with Gasteiger partial charge in [-0.25, -0.2) is 8.42 Å². The lowest BCUT2D eigenvalue weighted by molar-refractivity contribution is -0.140. The van der Waals surface area contributed by atoms with Gasteiger partial charge < -0.3 is 15.0 Å². The van der Waals surface area contributed by atoms with Crippen LogP contribution in [-0.2, 0) is 26.2 Å². The molecule has 0 bridgehead atoms. The highest BCUT2D eigenvalue weighted by Crippen LogP contribution is 2.26. The van der Waals surface area contributed by atoms with Gasteiger partial charge >= 0.3 is 0 Å². The molecule has 0 saturated heterocycles. The topological polar surface area (TPSA) is 96.0 Å². The minimum atomic E-state index is -4.13. The smallest absolute Gasteiger partial charge is 0.264 e. The molecule has 8 nitrogen and oxygen atoms in total. The minimum Gasteiger partial charge on any atom is -0.497 e. The monoisotopic (exact) mass is 551 g/mol. The minimum absolute atomic E-state index is 0.0242. The van der Waals surface area contributed by atoms with E-state index in [-0.39, 0.29) is 23.4 Å². The number of methoxy groups -OCH3 is 1. The number of amides is 2. The molecule has 39 heavy (non-hydrogen) atoms. The lowest BCUT2D eigenvalue weighted by Gasteiger charge is -2.33. The molecule has 1 N–H and O–H groups in total. The summed E-state index contributed by atoms with van der Waals surface area (Å²) in [5.41, 5.74) is 1.18. The van der Waals surface area contributed by atoms with Gasteiger partial charge in [0.2, 0.25) is 11.8 Å². The number of anilines is 1. The Balaban J connectivity index is 2.01. The van der Waals surface area contributed by atoms with Crippen LogP contribution in [0.4, 0.5) is 5.69 Å². The Morgan fingerprint density at radius 1 is 0.872 bits per heavy atom. The molecule has 0 aliphatic carbocycles.